The zero-order chi connectivity index (χ0) is 22.7. The van der Waals surface area contributed by atoms with Gasteiger partial charge in [0.2, 0.25) is 5.16 Å². The van der Waals surface area contributed by atoms with Crippen LogP contribution in [0.3, 0.4) is 0 Å². The molecule has 0 aliphatic rings. The van der Waals surface area contributed by atoms with Crippen LogP contribution < -0.4 is 17.1 Å². The first kappa shape index (κ1) is 21.9. The number of unbranched alkanes of at least 4 members (excludes halogenated alkanes) is 1. The standard InChI is InChI=1S/C21H26N8O2S/c1-3-5-12-28-18-16(19(30)24-20(28)31)27(11-4-2)15(23-18)13-32-21-26-25-17(29(21)22)14-9-7-6-8-10-14/h6-10H,3-5,11-13,22H2,1-2H3,(H,24,30,31). The van der Waals surface area contributed by atoms with E-state index in [1.165, 1.54) is 16.4 Å². The quantitative estimate of drug-likeness (QED) is 0.293. The average molecular weight is 455 g/mol. The molecule has 0 fully saturated rings. The van der Waals surface area contributed by atoms with Crippen LogP contribution in [0.25, 0.3) is 22.6 Å². The van der Waals surface area contributed by atoms with Gasteiger partial charge < -0.3 is 10.4 Å². The summed E-state index contributed by atoms with van der Waals surface area (Å²) in [4.78, 5) is 32.2. The molecule has 0 bridgehead atoms. The lowest BCUT2D eigenvalue weighted by Gasteiger charge is -2.08. The van der Waals surface area contributed by atoms with E-state index < -0.39 is 11.2 Å². The summed E-state index contributed by atoms with van der Waals surface area (Å²) in [5, 5.41) is 8.97. The number of rotatable bonds is 9. The number of H-pyrrole nitrogens is 1. The lowest BCUT2D eigenvalue weighted by molar-refractivity contribution is 0.612. The fourth-order valence-corrected chi connectivity index (χ4v) is 4.41. The Morgan fingerprint density at radius 2 is 1.81 bits per heavy atom. The van der Waals surface area contributed by atoms with Crippen LogP contribution in [0.1, 0.15) is 38.9 Å². The third kappa shape index (κ3) is 4.07. The Balaban J connectivity index is 1.70. The van der Waals surface area contributed by atoms with Crippen LogP contribution in [-0.2, 0) is 18.8 Å². The van der Waals surface area contributed by atoms with Crippen molar-refractivity contribution in [1.82, 2.24) is 34.0 Å². The van der Waals surface area contributed by atoms with Gasteiger partial charge in [0, 0.05) is 18.7 Å². The molecule has 0 amide bonds. The number of benzene rings is 1. The fraction of sp³-hybridized carbons (Fsp3) is 0.381. The van der Waals surface area contributed by atoms with Gasteiger partial charge in [0.1, 0.15) is 5.82 Å². The molecule has 0 spiro atoms. The van der Waals surface area contributed by atoms with Gasteiger partial charge in [-0.2, -0.15) is 0 Å². The molecule has 10 nitrogen and oxygen atoms in total. The second-order valence-electron chi connectivity index (χ2n) is 7.45. The van der Waals surface area contributed by atoms with Crippen molar-refractivity contribution in [1.29, 1.82) is 0 Å². The van der Waals surface area contributed by atoms with Gasteiger partial charge in [0.25, 0.3) is 5.56 Å². The summed E-state index contributed by atoms with van der Waals surface area (Å²) in [6.45, 7) is 5.22. The molecule has 168 valence electrons. The number of imidazole rings is 1. The van der Waals surface area contributed by atoms with Crippen molar-refractivity contribution < 1.29 is 0 Å². The molecule has 3 N–H and O–H groups in total. The van der Waals surface area contributed by atoms with Crippen LogP contribution >= 0.6 is 11.8 Å². The number of aryl methyl sites for hydroxylation is 2. The summed E-state index contributed by atoms with van der Waals surface area (Å²) in [7, 11) is 0. The van der Waals surface area contributed by atoms with Gasteiger partial charge in [-0.25, -0.2) is 14.5 Å². The van der Waals surface area contributed by atoms with E-state index in [9.17, 15) is 9.59 Å². The number of fused-ring (bicyclic) bond motifs is 1. The molecule has 1 aromatic carbocycles. The Morgan fingerprint density at radius 3 is 2.53 bits per heavy atom. The molecule has 0 aliphatic carbocycles. The maximum atomic E-state index is 12.6. The maximum Gasteiger partial charge on any atom is 0.330 e. The van der Waals surface area contributed by atoms with Gasteiger partial charge in [-0.3, -0.25) is 14.3 Å². The van der Waals surface area contributed by atoms with E-state index in [0.29, 0.717) is 46.8 Å². The topological polar surface area (TPSA) is 129 Å². The molecule has 4 rings (SSSR count). The van der Waals surface area contributed by atoms with Crippen molar-refractivity contribution in [2.24, 2.45) is 0 Å². The van der Waals surface area contributed by atoms with E-state index in [-0.39, 0.29) is 0 Å². The molecular formula is C21H26N8O2S. The SMILES string of the molecule is CCCCn1c(=O)[nH]c(=O)c2c1nc(CSc1nnc(-c3ccccc3)n1N)n2CCC. The summed E-state index contributed by atoms with van der Waals surface area (Å²) in [6.07, 6.45) is 2.58. The number of aromatic amines is 1. The summed E-state index contributed by atoms with van der Waals surface area (Å²) >= 11 is 1.39. The minimum atomic E-state index is -0.425. The number of nitrogen functional groups attached to an aromatic ring is 1. The Bertz CT molecular complexity index is 1340. The summed E-state index contributed by atoms with van der Waals surface area (Å²) in [5.41, 5.74) is 0.889. The Morgan fingerprint density at radius 1 is 1.03 bits per heavy atom. The molecule has 0 radical (unpaired) electrons. The molecule has 0 aliphatic heterocycles. The van der Waals surface area contributed by atoms with Crippen LogP contribution in [0.2, 0.25) is 0 Å². The molecule has 0 atom stereocenters. The highest BCUT2D eigenvalue weighted by Crippen LogP contribution is 2.25. The minimum absolute atomic E-state index is 0.414. The zero-order valence-electron chi connectivity index (χ0n) is 18.1. The number of nitrogens with one attached hydrogen (secondary N) is 1. The van der Waals surface area contributed by atoms with Crippen LogP contribution in [0, 0.1) is 0 Å². The lowest BCUT2D eigenvalue weighted by atomic mass is 10.2. The van der Waals surface area contributed by atoms with Gasteiger partial charge in [0.05, 0.1) is 5.75 Å². The van der Waals surface area contributed by atoms with Crippen LogP contribution in [0.5, 0.6) is 0 Å². The van der Waals surface area contributed by atoms with E-state index in [0.717, 1.165) is 24.8 Å². The molecule has 3 heterocycles. The number of aromatic nitrogens is 7. The van der Waals surface area contributed by atoms with E-state index in [4.69, 9.17) is 10.8 Å². The number of nitrogens with zero attached hydrogens (tertiary/aromatic N) is 6. The van der Waals surface area contributed by atoms with Crippen molar-refractivity contribution in [2.75, 3.05) is 5.84 Å². The largest absolute Gasteiger partial charge is 0.335 e. The van der Waals surface area contributed by atoms with Crippen LogP contribution in [0.15, 0.2) is 45.1 Å². The average Bonchev–Trinajstić information content (AvgIpc) is 3.33. The molecule has 0 saturated carbocycles. The summed E-state index contributed by atoms with van der Waals surface area (Å²) < 4.78 is 4.90. The maximum absolute atomic E-state index is 12.6. The molecule has 0 saturated heterocycles. The van der Waals surface area contributed by atoms with Gasteiger partial charge in [-0.05, 0) is 12.8 Å². The van der Waals surface area contributed by atoms with Gasteiger partial charge in [-0.1, -0.05) is 62.4 Å². The second kappa shape index (κ2) is 9.43. The Hall–Kier alpha value is -3.34. The van der Waals surface area contributed by atoms with Crippen molar-refractivity contribution in [3.63, 3.8) is 0 Å². The van der Waals surface area contributed by atoms with Crippen LogP contribution in [-0.4, -0.2) is 34.0 Å². The highest BCUT2D eigenvalue weighted by Gasteiger charge is 2.19. The van der Waals surface area contributed by atoms with Crippen molar-refractivity contribution in [3.8, 4) is 11.4 Å². The fourth-order valence-electron chi connectivity index (χ4n) is 3.60. The second-order valence-corrected chi connectivity index (χ2v) is 8.39. The molecule has 11 heteroatoms. The highest BCUT2D eigenvalue weighted by atomic mass is 32.2. The van der Waals surface area contributed by atoms with E-state index in [2.05, 4.69) is 22.1 Å². The third-order valence-electron chi connectivity index (χ3n) is 5.17. The predicted molar refractivity (Wildman–Crippen MR) is 125 cm³/mol. The molecule has 4 aromatic rings. The van der Waals surface area contributed by atoms with Crippen molar-refractivity contribution in [2.45, 2.75) is 57.1 Å². The van der Waals surface area contributed by atoms with Crippen molar-refractivity contribution in [3.05, 3.63) is 57.0 Å². The summed E-state index contributed by atoms with van der Waals surface area (Å²) in [6, 6.07) is 9.60. The smallest absolute Gasteiger partial charge is 0.330 e. The highest BCUT2D eigenvalue weighted by molar-refractivity contribution is 7.98. The van der Waals surface area contributed by atoms with E-state index in [1.54, 1.807) is 4.57 Å². The van der Waals surface area contributed by atoms with Gasteiger partial charge in [0.15, 0.2) is 17.0 Å². The van der Waals surface area contributed by atoms with Gasteiger partial charge >= 0.3 is 5.69 Å². The zero-order valence-corrected chi connectivity index (χ0v) is 18.9. The Labute approximate surface area is 188 Å². The molecule has 3 aromatic heterocycles. The number of nitrogens with two attached hydrogens (primary N) is 1. The molecule has 0 unspecified atom stereocenters. The first-order valence-corrected chi connectivity index (χ1v) is 11.6. The molecular weight excluding hydrogens is 428 g/mol. The van der Waals surface area contributed by atoms with E-state index in [1.807, 2.05) is 41.8 Å². The number of thioether (sulfide) groups is 1. The third-order valence-corrected chi connectivity index (χ3v) is 6.11. The Kier molecular flexibility index (Phi) is 6.45. The van der Waals surface area contributed by atoms with Gasteiger partial charge in [-0.15, -0.1) is 10.2 Å². The number of hydrogen-bond acceptors (Lipinski definition) is 7. The first-order valence-electron chi connectivity index (χ1n) is 10.7. The summed E-state index contributed by atoms with van der Waals surface area (Å²) in [5.74, 6) is 7.93. The first-order chi connectivity index (χ1) is 15.5. The normalized spacial score (nSPS) is 11.4. The number of hydrogen-bond donors (Lipinski definition) is 2. The molecule has 32 heavy (non-hydrogen) atoms. The lowest BCUT2D eigenvalue weighted by Crippen LogP contribution is -2.31. The van der Waals surface area contributed by atoms with Crippen molar-refractivity contribution >= 4 is 22.9 Å². The monoisotopic (exact) mass is 454 g/mol. The van der Waals surface area contributed by atoms with E-state index >= 15 is 0 Å². The van der Waals surface area contributed by atoms with Crippen LogP contribution in [0.4, 0.5) is 0 Å². The minimum Gasteiger partial charge on any atom is -0.335 e. The predicted octanol–water partition coefficient (Wildman–Crippen LogP) is 2.36.